The maximum atomic E-state index is 13.4. The van der Waals surface area contributed by atoms with Crippen molar-refractivity contribution in [2.45, 2.75) is 52.2 Å². The molecule has 1 aromatic carbocycles. The van der Waals surface area contributed by atoms with Crippen molar-refractivity contribution in [2.75, 3.05) is 19.7 Å². The number of rotatable bonds is 9. The molecule has 0 radical (unpaired) electrons. The predicted molar refractivity (Wildman–Crippen MR) is 121 cm³/mol. The third kappa shape index (κ3) is 5.10. The van der Waals surface area contributed by atoms with Crippen LogP contribution in [0.15, 0.2) is 41.8 Å². The second-order valence-corrected chi connectivity index (χ2v) is 9.42. The van der Waals surface area contributed by atoms with Gasteiger partial charge in [-0.25, -0.2) is 0 Å². The van der Waals surface area contributed by atoms with Crippen molar-refractivity contribution >= 4 is 23.2 Å². The van der Waals surface area contributed by atoms with Crippen LogP contribution < -0.4 is 5.32 Å². The summed E-state index contributed by atoms with van der Waals surface area (Å²) in [4.78, 5) is 29.7. The molecule has 1 N–H and O–H groups in total. The molecule has 2 amide bonds. The monoisotopic (exact) mass is 428 g/mol. The topological polar surface area (TPSA) is 58.6 Å². The van der Waals surface area contributed by atoms with Crippen LogP contribution in [0.2, 0.25) is 0 Å². The molecule has 0 aliphatic carbocycles. The average Bonchev–Trinajstić information content (AvgIpc) is 3.23. The number of carbonyl (C=O) groups is 2. The van der Waals surface area contributed by atoms with Gasteiger partial charge in [-0.05, 0) is 49.3 Å². The van der Waals surface area contributed by atoms with Crippen molar-refractivity contribution in [3.8, 4) is 0 Å². The third-order valence-electron chi connectivity index (χ3n) is 5.19. The van der Waals surface area contributed by atoms with E-state index in [1.165, 1.54) is 0 Å². The molecular weight excluding hydrogens is 396 g/mol. The number of benzene rings is 1. The zero-order chi connectivity index (χ0) is 21.7. The number of hydrogen-bond acceptors (Lipinski definition) is 4. The van der Waals surface area contributed by atoms with Crippen molar-refractivity contribution in [1.29, 1.82) is 0 Å². The zero-order valence-electron chi connectivity index (χ0n) is 18.3. The maximum Gasteiger partial charge on any atom is 0.254 e. The summed E-state index contributed by atoms with van der Waals surface area (Å²) in [5.74, 6) is -0.153. The smallest absolute Gasteiger partial charge is 0.254 e. The lowest BCUT2D eigenvalue weighted by molar-refractivity contribution is -0.124. The number of carbonyl (C=O) groups excluding carboxylic acids is 2. The maximum absolute atomic E-state index is 13.4. The number of amides is 2. The zero-order valence-corrected chi connectivity index (χ0v) is 19.1. The van der Waals surface area contributed by atoms with E-state index in [1.807, 2.05) is 60.5 Å². The van der Waals surface area contributed by atoms with Gasteiger partial charge in [-0.15, -0.1) is 11.3 Å². The van der Waals surface area contributed by atoms with E-state index in [2.05, 4.69) is 19.2 Å². The van der Waals surface area contributed by atoms with Gasteiger partial charge in [-0.1, -0.05) is 38.1 Å². The number of nitrogens with one attached hydrogen (secondary N) is 1. The van der Waals surface area contributed by atoms with Gasteiger partial charge in [0.1, 0.15) is 0 Å². The average molecular weight is 429 g/mol. The number of thiophene rings is 1. The van der Waals surface area contributed by atoms with Crippen LogP contribution in [0.1, 0.15) is 66.9 Å². The molecule has 2 aromatic rings. The predicted octanol–water partition coefficient (Wildman–Crippen LogP) is 4.62. The molecule has 3 rings (SSSR count). The van der Waals surface area contributed by atoms with Crippen molar-refractivity contribution < 1.29 is 14.3 Å². The van der Waals surface area contributed by atoms with Crippen molar-refractivity contribution in [2.24, 2.45) is 5.92 Å². The fourth-order valence-corrected chi connectivity index (χ4v) is 4.83. The Hall–Kier alpha value is -2.18. The minimum Gasteiger partial charge on any atom is -0.379 e. The molecule has 5 nitrogen and oxygen atoms in total. The summed E-state index contributed by atoms with van der Waals surface area (Å²) in [6, 6.07) is 11.3. The van der Waals surface area contributed by atoms with Gasteiger partial charge in [0.05, 0.1) is 18.1 Å². The Balaban J connectivity index is 1.91. The summed E-state index contributed by atoms with van der Waals surface area (Å²) >= 11 is 1.60. The summed E-state index contributed by atoms with van der Waals surface area (Å²) in [5, 5.41) is 5.10. The summed E-state index contributed by atoms with van der Waals surface area (Å²) in [6.45, 7) is 9.99. The van der Waals surface area contributed by atoms with Gasteiger partial charge < -0.3 is 15.0 Å². The highest BCUT2D eigenvalue weighted by Gasteiger charge is 2.44. The fourth-order valence-electron chi connectivity index (χ4n) is 3.96. The van der Waals surface area contributed by atoms with Crippen molar-refractivity contribution in [3.05, 3.63) is 57.8 Å². The molecule has 30 heavy (non-hydrogen) atoms. The molecule has 0 unspecified atom stereocenters. The molecule has 0 saturated heterocycles. The van der Waals surface area contributed by atoms with E-state index in [1.54, 1.807) is 11.3 Å². The van der Waals surface area contributed by atoms with E-state index < -0.39 is 5.92 Å². The van der Waals surface area contributed by atoms with Crippen LogP contribution in [0.25, 0.3) is 0 Å². The largest absolute Gasteiger partial charge is 0.379 e. The minimum absolute atomic E-state index is 0.00656. The highest BCUT2D eigenvalue weighted by Crippen LogP contribution is 2.44. The van der Waals surface area contributed by atoms with E-state index in [-0.39, 0.29) is 24.0 Å². The summed E-state index contributed by atoms with van der Waals surface area (Å²) in [5.41, 5.74) is 1.45. The Morgan fingerprint density at radius 1 is 1.17 bits per heavy atom. The van der Waals surface area contributed by atoms with Crippen LogP contribution in [0.4, 0.5) is 0 Å². The standard InChI is InChI=1S/C24H32N2O3S/c1-16(2)15-26-22(20-11-7-14-30-20)21(18-9-5-6-10-19(18)24(26)28)23(27)25-12-8-13-29-17(3)4/h5-7,9-11,14,16-17,21-22H,8,12-13,15H2,1-4H3,(H,25,27)/t21-,22+/m1/s1. The molecule has 0 spiro atoms. The first-order chi connectivity index (χ1) is 14.4. The first-order valence-electron chi connectivity index (χ1n) is 10.7. The normalized spacial score (nSPS) is 18.7. The number of hydrogen-bond donors (Lipinski definition) is 1. The third-order valence-corrected chi connectivity index (χ3v) is 6.13. The van der Waals surface area contributed by atoms with Gasteiger partial charge in [-0.2, -0.15) is 0 Å². The Morgan fingerprint density at radius 2 is 1.93 bits per heavy atom. The van der Waals surface area contributed by atoms with Gasteiger partial charge in [0.2, 0.25) is 5.91 Å². The van der Waals surface area contributed by atoms with Crippen LogP contribution in [0.5, 0.6) is 0 Å². The molecule has 1 aliphatic rings. The molecule has 0 fully saturated rings. The highest BCUT2D eigenvalue weighted by atomic mass is 32.1. The summed E-state index contributed by atoms with van der Waals surface area (Å²) in [6.07, 6.45) is 0.945. The van der Waals surface area contributed by atoms with Crippen LogP contribution >= 0.6 is 11.3 Å². The number of nitrogens with zero attached hydrogens (tertiary/aromatic N) is 1. The Morgan fingerprint density at radius 3 is 2.60 bits per heavy atom. The SMILES string of the molecule is CC(C)CN1C(=O)c2ccccc2[C@@H](C(=O)NCCCOC(C)C)[C@@H]1c1cccs1. The van der Waals surface area contributed by atoms with Crippen molar-refractivity contribution in [1.82, 2.24) is 10.2 Å². The van der Waals surface area contributed by atoms with Crippen LogP contribution in [0.3, 0.4) is 0 Å². The Kier molecular flexibility index (Phi) is 7.67. The fraction of sp³-hybridized carbons (Fsp3) is 0.500. The number of fused-ring (bicyclic) bond motifs is 1. The van der Waals surface area contributed by atoms with E-state index in [9.17, 15) is 9.59 Å². The molecule has 1 aromatic heterocycles. The van der Waals surface area contributed by atoms with E-state index in [0.29, 0.717) is 31.2 Å². The molecule has 1 aliphatic heterocycles. The second kappa shape index (κ2) is 10.2. The molecular formula is C24H32N2O3S. The second-order valence-electron chi connectivity index (χ2n) is 8.44. The van der Waals surface area contributed by atoms with Gasteiger partial charge in [0.15, 0.2) is 0 Å². The van der Waals surface area contributed by atoms with Crippen molar-refractivity contribution in [3.63, 3.8) is 0 Å². The van der Waals surface area contributed by atoms with Gasteiger partial charge in [0, 0.05) is 30.1 Å². The van der Waals surface area contributed by atoms with E-state index >= 15 is 0 Å². The Bertz CT molecular complexity index is 848. The van der Waals surface area contributed by atoms with Crippen LogP contribution in [-0.4, -0.2) is 42.5 Å². The molecule has 162 valence electrons. The Labute approximate surface area is 183 Å². The molecule has 2 atom stereocenters. The minimum atomic E-state index is -0.428. The summed E-state index contributed by atoms with van der Waals surface area (Å²) < 4.78 is 5.58. The lowest BCUT2D eigenvalue weighted by Gasteiger charge is -2.42. The van der Waals surface area contributed by atoms with Crippen LogP contribution in [0, 0.1) is 5.92 Å². The number of ether oxygens (including phenoxy) is 1. The lowest BCUT2D eigenvalue weighted by atomic mass is 9.81. The van der Waals surface area contributed by atoms with Gasteiger partial charge in [0.25, 0.3) is 5.91 Å². The molecule has 0 saturated carbocycles. The first kappa shape index (κ1) is 22.5. The van der Waals surface area contributed by atoms with E-state index in [0.717, 1.165) is 16.9 Å². The molecule has 6 heteroatoms. The lowest BCUT2D eigenvalue weighted by Crippen LogP contribution is -2.48. The first-order valence-corrected chi connectivity index (χ1v) is 11.6. The van der Waals surface area contributed by atoms with Gasteiger partial charge >= 0.3 is 0 Å². The molecule has 0 bridgehead atoms. The quantitative estimate of drug-likeness (QED) is 0.593. The van der Waals surface area contributed by atoms with Gasteiger partial charge in [-0.3, -0.25) is 9.59 Å². The highest BCUT2D eigenvalue weighted by molar-refractivity contribution is 7.10. The van der Waals surface area contributed by atoms with E-state index in [4.69, 9.17) is 4.74 Å². The molecule has 2 heterocycles. The summed E-state index contributed by atoms with van der Waals surface area (Å²) in [7, 11) is 0. The van der Waals surface area contributed by atoms with Crippen LogP contribution in [-0.2, 0) is 9.53 Å².